The molecule has 5 rings (SSSR count). The van der Waals surface area contributed by atoms with Crippen LogP contribution in [0.2, 0.25) is 0 Å². The molecule has 0 fully saturated rings. The van der Waals surface area contributed by atoms with E-state index in [1.54, 1.807) is 31.4 Å². The first-order valence-electron chi connectivity index (χ1n) is 9.49. The fourth-order valence-electron chi connectivity index (χ4n) is 3.46. The number of pyridine rings is 2. The van der Waals surface area contributed by atoms with Crippen LogP contribution in [0, 0.1) is 0 Å². The lowest BCUT2D eigenvalue weighted by Gasteiger charge is -2.11. The van der Waals surface area contributed by atoms with Gasteiger partial charge in [0.2, 0.25) is 0 Å². The summed E-state index contributed by atoms with van der Waals surface area (Å²) in [6.07, 6.45) is 1.62. The highest BCUT2D eigenvalue weighted by molar-refractivity contribution is 5.84. The molecule has 10 nitrogen and oxygen atoms in total. The number of H-pyrrole nitrogens is 1. The number of aromatic amines is 1. The van der Waals surface area contributed by atoms with Gasteiger partial charge in [-0.05, 0) is 42.0 Å². The third kappa shape index (κ3) is 3.15. The summed E-state index contributed by atoms with van der Waals surface area (Å²) in [4.78, 5) is 27.2. The summed E-state index contributed by atoms with van der Waals surface area (Å²) in [7, 11) is 1.64. The van der Waals surface area contributed by atoms with Gasteiger partial charge >= 0.3 is 0 Å². The van der Waals surface area contributed by atoms with Crippen LogP contribution < -0.4 is 11.3 Å². The lowest BCUT2D eigenvalue weighted by molar-refractivity contribution is 0.282. The Kier molecular flexibility index (Phi) is 4.33. The first kappa shape index (κ1) is 18.7. The molecule has 0 atom stereocenters. The van der Waals surface area contributed by atoms with Gasteiger partial charge < -0.3 is 10.8 Å². The van der Waals surface area contributed by atoms with Gasteiger partial charge in [0.1, 0.15) is 11.3 Å². The number of nitrogens with zero attached hydrogens (tertiary/aromatic N) is 6. The Balaban J connectivity index is 1.81. The monoisotopic (exact) mass is 414 g/mol. The SMILES string of the molecule is Cn1nc(-c2ccc3nc(-c4cccnc4N)n(-c4ccc(CO)cc4)c3n2)c(=O)[nH]1. The number of nitrogens with two attached hydrogens (primary N) is 1. The van der Waals surface area contributed by atoms with E-state index in [-0.39, 0.29) is 17.9 Å². The molecule has 0 aliphatic heterocycles. The van der Waals surface area contributed by atoms with Gasteiger partial charge in [0.15, 0.2) is 17.2 Å². The Morgan fingerprint density at radius 3 is 2.58 bits per heavy atom. The van der Waals surface area contributed by atoms with Crippen molar-refractivity contribution in [2.24, 2.45) is 7.05 Å². The van der Waals surface area contributed by atoms with E-state index in [9.17, 15) is 9.90 Å². The maximum atomic E-state index is 12.2. The van der Waals surface area contributed by atoms with Crippen molar-refractivity contribution in [2.75, 3.05) is 5.73 Å². The number of hydrogen-bond acceptors (Lipinski definition) is 7. The predicted molar refractivity (Wildman–Crippen MR) is 115 cm³/mol. The summed E-state index contributed by atoms with van der Waals surface area (Å²) < 4.78 is 1.85. The third-order valence-corrected chi connectivity index (χ3v) is 4.93. The van der Waals surface area contributed by atoms with E-state index in [1.165, 1.54) is 4.80 Å². The minimum absolute atomic E-state index is 0.0573. The molecule has 31 heavy (non-hydrogen) atoms. The topological polar surface area (TPSA) is 141 Å². The maximum Gasteiger partial charge on any atom is 0.293 e. The Bertz CT molecular complexity index is 1460. The van der Waals surface area contributed by atoms with Crippen LogP contribution in [0.1, 0.15) is 5.56 Å². The van der Waals surface area contributed by atoms with Crippen LogP contribution in [0.25, 0.3) is 39.6 Å². The van der Waals surface area contributed by atoms with Crippen LogP contribution in [0.15, 0.2) is 59.5 Å². The van der Waals surface area contributed by atoms with E-state index in [0.29, 0.717) is 34.1 Å². The lowest BCUT2D eigenvalue weighted by Crippen LogP contribution is -2.05. The van der Waals surface area contributed by atoms with Crippen LogP contribution in [0.4, 0.5) is 5.82 Å². The number of anilines is 1. The van der Waals surface area contributed by atoms with E-state index in [4.69, 9.17) is 15.7 Å². The molecule has 0 bridgehead atoms. The van der Waals surface area contributed by atoms with Gasteiger partial charge in [-0.25, -0.2) is 24.8 Å². The second-order valence-corrected chi connectivity index (χ2v) is 6.98. The molecule has 0 amide bonds. The second kappa shape index (κ2) is 7.18. The number of aromatic nitrogens is 7. The molecule has 154 valence electrons. The first-order valence-corrected chi connectivity index (χ1v) is 9.49. The van der Waals surface area contributed by atoms with Gasteiger partial charge in [-0.3, -0.25) is 9.36 Å². The molecule has 0 aliphatic rings. The van der Waals surface area contributed by atoms with Gasteiger partial charge in [0.25, 0.3) is 5.56 Å². The van der Waals surface area contributed by atoms with E-state index >= 15 is 0 Å². The molecule has 4 N–H and O–H groups in total. The zero-order valence-electron chi connectivity index (χ0n) is 16.5. The number of rotatable bonds is 4. The standard InChI is InChI=1S/C21H18N8O2/c1-28-26-17(21(31)27-28)15-8-9-16-20(24-15)29(13-6-4-12(11-30)5-7-13)19(25-16)14-3-2-10-23-18(14)22/h2-10,30H,11H2,1H3,(H2,22,23)(H,27,31). The Morgan fingerprint density at radius 2 is 1.90 bits per heavy atom. The maximum absolute atomic E-state index is 12.2. The van der Waals surface area contributed by atoms with E-state index in [1.807, 2.05) is 34.9 Å². The van der Waals surface area contributed by atoms with Crippen molar-refractivity contribution in [1.82, 2.24) is 34.5 Å². The number of hydrogen-bond donors (Lipinski definition) is 3. The molecule has 10 heteroatoms. The molecule has 1 aromatic carbocycles. The minimum atomic E-state index is -0.329. The summed E-state index contributed by atoms with van der Waals surface area (Å²) in [6.45, 7) is -0.0573. The van der Waals surface area contributed by atoms with Crippen molar-refractivity contribution in [3.05, 3.63) is 70.6 Å². The largest absolute Gasteiger partial charge is 0.392 e. The number of nitrogen functional groups attached to an aromatic ring is 1. The highest BCUT2D eigenvalue weighted by Gasteiger charge is 2.19. The average molecular weight is 414 g/mol. The van der Waals surface area contributed by atoms with Crippen LogP contribution >= 0.6 is 0 Å². The average Bonchev–Trinajstić information content (AvgIpc) is 3.32. The fraction of sp³-hybridized carbons (Fsp3) is 0.0952. The van der Waals surface area contributed by atoms with Gasteiger partial charge in [0.05, 0.1) is 17.9 Å². The van der Waals surface area contributed by atoms with Crippen LogP contribution in [0.5, 0.6) is 0 Å². The summed E-state index contributed by atoms with van der Waals surface area (Å²) >= 11 is 0. The molecule has 4 heterocycles. The van der Waals surface area contributed by atoms with Gasteiger partial charge in [0, 0.05) is 18.9 Å². The van der Waals surface area contributed by atoms with Crippen molar-refractivity contribution >= 4 is 17.0 Å². The van der Waals surface area contributed by atoms with Crippen molar-refractivity contribution in [1.29, 1.82) is 0 Å². The summed E-state index contributed by atoms with van der Waals surface area (Å²) in [6, 6.07) is 14.5. The van der Waals surface area contributed by atoms with Crippen molar-refractivity contribution < 1.29 is 5.11 Å². The van der Waals surface area contributed by atoms with Gasteiger partial charge in [-0.2, -0.15) is 0 Å². The zero-order chi connectivity index (χ0) is 21.5. The van der Waals surface area contributed by atoms with E-state index in [0.717, 1.165) is 11.3 Å². The normalized spacial score (nSPS) is 11.3. The van der Waals surface area contributed by atoms with Gasteiger partial charge in [-0.1, -0.05) is 12.1 Å². The molecule has 0 aliphatic carbocycles. The quantitative estimate of drug-likeness (QED) is 0.406. The Hall–Kier alpha value is -4.31. The van der Waals surface area contributed by atoms with E-state index in [2.05, 4.69) is 15.2 Å². The molecule has 0 radical (unpaired) electrons. The molecule has 0 spiro atoms. The molecule has 0 saturated carbocycles. The number of imidazole rings is 1. The fourth-order valence-corrected chi connectivity index (χ4v) is 3.46. The first-order chi connectivity index (χ1) is 15.0. The van der Waals surface area contributed by atoms with Crippen molar-refractivity contribution in [3.63, 3.8) is 0 Å². The number of nitrogens with one attached hydrogen (secondary N) is 1. The van der Waals surface area contributed by atoms with Gasteiger partial charge in [-0.15, -0.1) is 5.10 Å². The van der Waals surface area contributed by atoms with Crippen LogP contribution in [-0.4, -0.2) is 39.6 Å². The minimum Gasteiger partial charge on any atom is -0.392 e. The van der Waals surface area contributed by atoms with Crippen molar-refractivity contribution in [2.45, 2.75) is 6.61 Å². The van der Waals surface area contributed by atoms with Crippen LogP contribution in [-0.2, 0) is 13.7 Å². The smallest absolute Gasteiger partial charge is 0.293 e. The van der Waals surface area contributed by atoms with Crippen molar-refractivity contribution in [3.8, 4) is 28.5 Å². The number of benzene rings is 1. The van der Waals surface area contributed by atoms with E-state index < -0.39 is 0 Å². The molecular weight excluding hydrogens is 396 g/mol. The summed E-state index contributed by atoms with van der Waals surface area (Å²) in [5, 5.41) is 16.2. The molecule has 5 aromatic rings. The number of aliphatic hydroxyl groups excluding tert-OH is 1. The number of aliphatic hydroxyl groups is 1. The number of aryl methyl sites for hydroxylation is 1. The molecular formula is C21H18N8O2. The Labute approximate surface area is 175 Å². The molecule has 0 unspecified atom stereocenters. The molecule has 0 saturated heterocycles. The zero-order valence-corrected chi connectivity index (χ0v) is 16.5. The number of fused-ring (bicyclic) bond motifs is 1. The third-order valence-electron chi connectivity index (χ3n) is 4.93. The predicted octanol–water partition coefficient (Wildman–Crippen LogP) is 1.65. The highest BCUT2D eigenvalue weighted by atomic mass is 16.3. The summed E-state index contributed by atoms with van der Waals surface area (Å²) in [5.74, 6) is 0.907. The second-order valence-electron chi connectivity index (χ2n) is 6.98. The highest BCUT2D eigenvalue weighted by Crippen LogP contribution is 2.31. The molecule has 4 aromatic heterocycles. The lowest BCUT2D eigenvalue weighted by atomic mass is 10.2. The van der Waals surface area contributed by atoms with Crippen LogP contribution in [0.3, 0.4) is 0 Å². The summed E-state index contributed by atoms with van der Waals surface area (Å²) in [5.41, 5.74) is 9.83. The Morgan fingerprint density at radius 1 is 1.10 bits per heavy atom.